The second kappa shape index (κ2) is 10.3. The van der Waals surface area contributed by atoms with Gasteiger partial charge < -0.3 is 10.1 Å². The van der Waals surface area contributed by atoms with Crippen LogP contribution in [0.1, 0.15) is 26.3 Å². The molecule has 0 saturated heterocycles. The number of fused-ring (bicyclic) bond motifs is 1. The quantitative estimate of drug-likeness (QED) is 0.311. The van der Waals surface area contributed by atoms with Gasteiger partial charge in [-0.2, -0.15) is 0 Å². The summed E-state index contributed by atoms with van der Waals surface area (Å²) in [7, 11) is -3.80. The molecular formula is C28H27N3O5S. The summed E-state index contributed by atoms with van der Waals surface area (Å²) in [5.41, 5.74) is 0.633. The monoisotopic (exact) mass is 517 g/mol. The van der Waals surface area contributed by atoms with Crippen LogP contribution in [0.25, 0.3) is 16.8 Å². The Morgan fingerprint density at radius 3 is 2.22 bits per heavy atom. The summed E-state index contributed by atoms with van der Waals surface area (Å²) in [5.74, 6) is -0.455. The summed E-state index contributed by atoms with van der Waals surface area (Å²) in [6.07, 6.45) is 5.02. The number of nitrogens with zero attached hydrogens (tertiary/aromatic N) is 1. The number of rotatable bonds is 6. The lowest BCUT2D eigenvalue weighted by Crippen LogP contribution is -2.27. The van der Waals surface area contributed by atoms with E-state index in [4.69, 9.17) is 4.74 Å². The highest BCUT2D eigenvalue weighted by Crippen LogP contribution is 2.23. The number of hydrogen-bond acceptors (Lipinski definition) is 5. The van der Waals surface area contributed by atoms with Crippen LogP contribution in [0, 0.1) is 0 Å². The fourth-order valence-electron chi connectivity index (χ4n) is 3.55. The van der Waals surface area contributed by atoms with Crippen LogP contribution in [0.4, 0.5) is 16.2 Å². The molecule has 3 aromatic carbocycles. The number of nitrogens with one attached hydrogen (secondary N) is 2. The van der Waals surface area contributed by atoms with Crippen molar-refractivity contribution < 1.29 is 22.7 Å². The maximum absolute atomic E-state index is 13.1. The van der Waals surface area contributed by atoms with Crippen molar-refractivity contribution >= 4 is 50.2 Å². The van der Waals surface area contributed by atoms with Crippen molar-refractivity contribution in [1.29, 1.82) is 0 Å². The van der Waals surface area contributed by atoms with Crippen LogP contribution in [0.5, 0.6) is 0 Å². The first kappa shape index (κ1) is 25.7. The Hall–Kier alpha value is -4.37. The van der Waals surface area contributed by atoms with Crippen molar-refractivity contribution in [1.82, 2.24) is 3.97 Å². The standard InChI is InChI=1S/C28H27N3O5S/c1-28(2,3)36-27(33)30-25-11-7-6-10-24(25)29-26(32)15-12-20-16-17-31(19-20)37(34,35)23-14-13-21-8-4-5-9-22(21)18-23/h4-19H,1-3H3,(H,29,32)(H,30,33)/b15-12+. The van der Waals surface area contributed by atoms with Crippen molar-refractivity contribution in [3.63, 3.8) is 0 Å². The van der Waals surface area contributed by atoms with Gasteiger partial charge in [0.25, 0.3) is 10.0 Å². The third-order valence-corrected chi connectivity index (χ3v) is 6.87. The Morgan fingerprint density at radius 1 is 0.865 bits per heavy atom. The molecule has 0 saturated carbocycles. The van der Waals surface area contributed by atoms with Crippen LogP contribution >= 0.6 is 0 Å². The van der Waals surface area contributed by atoms with Crippen molar-refractivity contribution in [2.24, 2.45) is 0 Å². The van der Waals surface area contributed by atoms with Crippen LogP contribution in [0.2, 0.25) is 0 Å². The van der Waals surface area contributed by atoms with Gasteiger partial charge in [-0.1, -0.05) is 42.5 Å². The number of aromatic nitrogens is 1. The fraction of sp³-hybridized carbons (Fsp3) is 0.143. The number of para-hydroxylation sites is 2. The van der Waals surface area contributed by atoms with Gasteiger partial charge in [-0.05, 0) is 73.5 Å². The van der Waals surface area contributed by atoms with Gasteiger partial charge in [0.05, 0.1) is 16.3 Å². The summed E-state index contributed by atoms with van der Waals surface area (Å²) >= 11 is 0. The summed E-state index contributed by atoms with van der Waals surface area (Å²) in [4.78, 5) is 24.8. The Labute approximate surface area is 215 Å². The Balaban J connectivity index is 1.45. The lowest BCUT2D eigenvalue weighted by molar-refractivity contribution is -0.111. The molecule has 0 bridgehead atoms. The number of amides is 2. The highest BCUT2D eigenvalue weighted by molar-refractivity contribution is 7.90. The van der Waals surface area contributed by atoms with E-state index >= 15 is 0 Å². The van der Waals surface area contributed by atoms with E-state index in [1.165, 1.54) is 24.5 Å². The number of hydrogen-bond donors (Lipinski definition) is 2. The normalized spacial score (nSPS) is 12.0. The molecule has 37 heavy (non-hydrogen) atoms. The molecule has 0 atom stereocenters. The first-order valence-corrected chi connectivity index (χ1v) is 13.0. The maximum atomic E-state index is 13.1. The molecule has 8 nitrogen and oxygen atoms in total. The van der Waals surface area contributed by atoms with E-state index < -0.39 is 27.6 Å². The molecule has 9 heteroatoms. The molecule has 2 N–H and O–H groups in total. The zero-order valence-corrected chi connectivity index (χ0v) is 21.5. The Kier molecular flexibility index (Phi) is 7.17. The van der Waals surface area contributed by atoms with Gasteiger partial charge in [-0.3, -0.25) is 10.1 Å². The molecule has 0 aliphatic carbocycles. The van der Waals surface area contributed by atoms with Crippen LogP contribution in [0.15, 0.2) is 96.2 Å². The third kappa shape index (κ3) is 6.45. The van der Waals surface area contributed by atoms with Gasteiger partial charge in [0.1, 0.15) is 5.60 Å². The lowest BCUT2D eigenvalue weighted by atomic mass is 10.1. The van der Waals surface area contributed by atoms with E-state index in [2.05, 4.69) is 10.6 Å². The van der Waals surface area contributed by atoms with Crippen molar-refractivity contribution in [2.75, 3.05) is 10.6 Å². The van der Waals surface area contributed by atoms with Gasteiger partial charge in [-0.15, -0.1) is 0 Å². The molecule has 190 valence electrons. The second-order valence-electron chi connectivity index (χ2n) is 9.28. The fourth-order valence-corrected chi connectivity index (χ4v) is 4.79. The number of benzene rings is 3. The summed E-state index contributed by atoms with van der Waals surface area (Å²) in [5, 5.41) is 7.11. The van der Waals surface area contributed by atoms with Crippen LogP contribution in [0.3, 0.4) is 0 Å². The molecule has 0 aliphatic rings. The van der Waals surface area contributed by atoms with Crippen LogP contribution in [-0.4, -0.2) is 30.0 Å². The molecule has 2 amide bonds. The van der Waals surface area contributed by atoms with Gasteiger partial charge in [0, 0.05) is 18.5 Å². The zero-order chi connectivity index (χ0) is 26.6. The molecule has 1 aromatic heterocycles. The first-order chi connectivity index (χ1) is 17.5. The van der Waals surface area contributed by atoms with Gasteiger partial charge in [0.2, 0.25) is 5.91 Å². The molecule has 0 unspecified atom stereocenters. The summed E-state index contributed by atoms with van der Waals surface area (Å²) < 4.78 is 32.6. The van der Waals surface area contributed by atoms with E-state index in [0.29, 0.717) is 16.9 Å². The lowest BCUT2D eigenvalue weighted by Gasteiger charge is -2.20. The highest BCUT2D eigenvalue weighted by Gasteiger charge is 2.18. The largest absolute Gasteiger partial charge is 0.444 e. The Bertz CT molecular complexity index is 1600. The summed E-state index contributed by atoms with van der Waals surface area (Å²) in [6, 6.07) is 20.8. The number of anilines is 2. The molecule has 0 fully saturated rings. The highest BCUT2D eigenvalue weighted by atomic mass is 32.2. The predicted molar refractivity (Wildman–Crippen MR) is 145 cm³/mol. The SMILES string of the molecule is CC(C)(C)OC(=O)Nc1ccccc1NC(=O)/C=C/c1ccn(S(=O)(=O)c2ccc3ccccc3c2)c1. The first-order valence-electron chi connectivity index (χ1n) is 11.5. The second-order valence-corrected chi connectivity index (χ2v) is 11.1. The minimum absolute atomic E-state index is 0.171. The van der Waals surface area contributed by atoms with Crippen molar-refractivity contribution in [2.45, 2.75) is 31.3 Å². The van der Waals surface area contributed by atoms with E-state index in [1.807, 2.05) is 24.3 Å². The average Bonchev–Trinajstić information content (AvgIpc) is 3.32. The number of ether oxygens (including phenoxy) is 1. The number of carbonyl (C=O) groups is 2. The molecule has 4 aromatic rings. The van der Waals surface area contributed by atoms with E-state index in [9.17, 15) is 18.0 Å². The average molecular weight is 518 g/mol. The molecule has 4 rings (SSSR count). The molecule has 0 spiro atoms. The smallest absolute Gasteiger partial charge is 0.412 e. The molecule has 0 radical (unpaired) electrons. The van der Waals surface area contributed by atoms with Gasteiger partial charge >= 0.3 is 6.09 Å². The Morgan fingerprint density at radius 2 is 1.51 bits per heavy atom. The molecule has 0 aliphatic heterocycles. The number of carbonyl (C=O) groups excluding carboxylic acids is 2. The zero-order valence-electron chi connectivity index (χ0n) is 20.6. The van der Waals surface area contributed by atoms with E-state index in [0.717, 1.165) is 14.7 Å². The van der Waals surface area contributed by atoms with Gasteiger partial charge in [0.15, 0.2) is 0 Å². The van der Waals surface area contributed by atoms with E-state index in [-0.39, 0.29) is 4.90 Å². The summed E-state index contributed by atoms with van der Waals surface area (Å²) in [6.45, 7) is 5.27. The van der Waals surface area contributed by atoms with Crippen molar-refractivity contribution in [3.8, 4) is 0 Å². The molecule has 1 heterocycles. The topological polar surface area (TPSA) is 106 Å². The van der Waals surface area contributed by atoms with Gasteiger partial charge in [-0.25, -0.2) is 17.2 Å². The molecular weight excluding hydrogens is 490 g/mol. The van der Waals surface area contributed by atoms with Crippen LogP contribution in [-0.2, 0) is 19.6 Å². The van der Waals surface area contributed by atoms with Crippen LogP contribution < -0.4 is 10.6 Å². The third-order valence-electron chi connectivity index (χ3n) is 5.23. The minimum Gasteiger partial charge on any atom is -0.444 e. The minimum atomic E-state index is -3.80. The van der Waals surface area contributed by atoms with E-state index in [1.54, 1.807) is 69.3 Å². The maximum Gasteiger partial charge on any atom is 0.412 e. The van der Waals surface area contributed by atoms with Crippen molar-refractivity contribution in [3.05, 3.63) is 96.8 Å². The predicted octanol–water partition coefficient (Wildman–Crippen LogP) is 5.88.